The van der Waals surface area contributed by atoms with Crippen LogP contribution in [0.5, 0.6) is 11.5 Å². The van der Waals surface area contributed by atoms with Gasteiger partial charge in [-0.1, -0.05) is 24.3 Å². The molecule has 6 nitrogen and oxygen atoms in total. The molecule has 0 radical (unpaired) electrons. The van der Waals surface area contributed by atoms with E-state index < -0.39 is 6.61 Å². The van der Waals surface area contributed by atoms with Crippen LogP contribution in [0.25, 0.3) is 22.2 Å². The largest absolute Gasteiger partial charge is 0.493 e. The van der Waals surface area contributed by atoms with Gasteiger partial charge < -0.3 is 18.9 Å². The summed E-state index contributed by atoms with van der Waals surface area (Å²) in [5, 5.41) is 0. The molecule has 0 aliphatic carbocycles. The molecule has 1 amide bonds. The monoisotopic (exact) mass is 473 g/mol. The van der Waals surface area contributed by atoms with Crippen LogP contribution < -0.4 is 9.47 Å². The van der Waals surface area contributed by atoms with Crippen molar-refractivity contribution in [3.63, 3.8) is 0 Å². The molecule has 8 heteroatoms. The molecule has 4 aromatic rings. The highest BCUT2D eigenvalue weighted by molar-refractivity contribution is 5.98. The second kappa shape index (κ2) is 7.28. The average molecular weight is 473 g/mol. The quantitative estimate of drug-likeness (QED) is 0.402. The van der Waals surface area contributed by atoms with Crippen molar-refractivity contribution < 1.29 is 23.0 Å². The van der Waals surface area contributed by atoms with Crippen molar-refractivity contribution >= 4 is 16.9 Å². The van der Waals surface area contributed by atoms with E-state index in [1.807, 2.05) is 12.1 Å². The number of fused-ring (bicyclic) bond motifs is 10. The van der Waals surface area contributed by atoms with Gasteiger partial charge in [-0.3, -0.25) is 4.79 Å². The predicted molar refractivity (Wildman–Crippen MR) is 125 cm³/mol. The normalized spacial score (nSPS) is 20.0. The average Bonchev–Trinajstić information content (AvgIpc) is 3.54. The van der Waals surface area contributed by atoms with Gasteiger partial charge in [0.2, 0.25) is 0 Å². The van der Waals surface area contributed by atoms with Crippen molar-refractivity contribution in [1.29, 1.82) is 0 Å². The van der Waals surface area contributed by atoms with Gasteiger partial charge in [-0.15, -0.1) is 0 Å². The van der Waals surface area contributed by atoms with Gasteiger partial charge in [0.15, 0.2) is 0 Å². The van der Waals surface area contributed by atoms with E-state index in [2.05, 4.69) is 28.8 Å². The van der Waals surface area contributed by atoms with Crippen LogP contribution in [-0.4, -0.2) is 40.6 Å². The first-order valence-corrected chi connectivity index (χ1v) is 11.6. The highest BCUT2D eigenvalue weighted by Gasteiger charge is 2.45. The number of rotatable bonds is 3. The highest BCUT2D eigenvalue weighted by atomic mass is 19.3. The number of halogens is 2. The molecule has 3 aliphatic rings. The summed E-state index contributed by atoms with van der Waals surface area (Å²) in [5.74, 6) is 1.49. The van der Waals surface area contributed by atoms with E-state index in [9.17, 15) is 13.6 Å². The number of alkyl halides is 2. The van der Waals surface area contributed by atoms with Gasteiger partial charge in [-0.2, -0.15) is 8.78 Å². The Labute approximate surface area is 199 Å². The second-order valence-electron chi connectivity index (χ2n) is 9.24. The number of amides is 1. The minimum atomic E-state index is -2.98. The van der Waals surface area contributed by atoms with Crippen LogP contribution in [0.2, 0.25) is 0 Å². The summed E-state index contributed by atoms with van der Waals surface area (Å²) in [6.07, 6.45) is 1.47. The number of nitrogens with zero attached hydrogens (tertiary/aromatic N) is 3. The van der Waals surface area contributed by atoms with Crippen molar-refractivity contribution in [3.8, 4) is 22.6 Å². The van der Waals surface area contributed by atoms with E-state index in [4.69, 9.17) is 14.5 Å². The molecule has 0 spiro atoms. The van der Waals surface area contributed by atoms with E-state index in [1.165, 1.54) is 11.6 Å². The molecule has 1 aromatic heterocycles. The number of carbonyl (C=O) groups excluding carboxylic acids is 1. The number of hydrogen-bond acceptors (Lipinski definition) is 4. The van der Waals surface area contributed by atoms with Gasteiger partial charge in [0, 0.05) is 31.0 Å². The summed E-state index contributed by atoms with van der Waals surface area (Å²) in [6, 6.07) is 16.5. The number of benzene rings is 3. The van der Waals surface area contributed by atoms with E-state index in [0.717, 1.165) is 40.2 Å². The third-order valence-electron chi connectivity index (χ3n) is 7.44. The molecule has 2 atom stereocenters. The number of hydrogen-bond donors (Lipinski definition) is 0. The van der Waals surface area contributed by atoms with Crippen LogP contribution in [0, 0.1) is 0 Å². The summed E-state index contributed by atoms with van der Waals surface area (Å²) in [7, 11) is 1.74. The standard InChI is InChI=1S/C27H21F2N3O3/c1-31-21-13-20(24-17(26(31)33)3-2-4-22(24)35-27(28)29)32-19-11-15(7-8-18(19)30-25(21)32)16-6-5-14-9-10-34-23(14)12-16/h2-8,11-12,20-21,27H,9-10,13H2,1H3/t20-,21?/m1/s1. The topological polar surface area (TPSA) is 56.6 Å². The smallest absolute Gasteiger partial charge is 0.387 e. The minimum Gasteiger partial charge on any atom is -0.493 e. The van der Waals surface area contributed by atoms with E-state index in [1.54, 1.807) is 24.1 Å². The molecular weight excluding hydrogens is 452 g/mol. The lowest BCUT2D eigenvalue weighted by Crippen LogP contribution is -2.30. The number of carbonyl (C=O) groups is 1. The zero-order valence-corrected chi connectivity index (χ0v) is 18.9. The molecule has 1 unspecified atom stereocenters. The summed E-state index contributed by atoms with van der Waals surface area (Å²) in [5.41, 5.74) is 5.83. The van der Waals surface area contributed by atoms with E-state index in [-0.39, 0.29) is 23.7 Å². The lowest BCUT2D eigenvalue weighted by atomic mass is 9.97. The molecule has 3 aromatic carbocycles. The fraction of sp³-hybridized carbons (Fsp3) is 0.259. The van der Waals surface area contributed by atoms with Crippen molar-refractivity contribution in [3.05, 3.63) is 77.1 Å². The molecule has 35 heavy (non-hydrogen) atoms. The molecule has 3 aliphatic heterocycles. The van der Waals surface area contributed by atoms with Crippen molar-refractivity contribution in [2.45, 2.75) is 31.5 Å². The Balaban J connectivity index is 1.43. The van der Waals surface area contributed by atoms with Gasteiger partial charge in [0.1, 0.15) is 17.3 Å². The Kier molecular flexibility index (Phi) is 4.25. The third-order valence-corrected chi connectivity index (χ3v) is 7.44. The molecule has 0 fully saturated rings. The highest BCUT2D eigenvalue weighted by Crippen LogP contribution is 2.50. The first-order chi connectivity index (χ1) is 17.0. The van der Waals surface area contributed by atoms with Gasteiger partial charge in [0.25, 0.3) is 5.91 Å². The van der Waals surface area contributed by atoms with Crippen LogP contribution in [0.3, 0.4) is 0 Å². The zero-order chi connectivity index (χ0) is 23.8. The first-order valence-electron chi connectivity index (χ1n) is 11.6. The predicted octanol–water partition coefficient (Wildman–Crippen LogP) is 5.36. The Morgan fingerprint density at radius 3 is 2.77 bits per heavy atom. The molecule has 0 saturated heterocycles. The molecule has 0 saturated carbocycles. The van der Waals surface area contributed by atoms with Gasteiger partial charge in [0.05, 0.1) is 29.7 Å². The maximum atomic E-state index is 13.3. The number of ether oxygens (including phenoxy) is 2. The van der Waals surface area contributed by atoms with Gasteiger partial charge >= 0.3 is 6.61 Å². The molecule has 7 rings (SSSR count). The SMILES string of the molecule is CN1C(=O)c2cccc(OC(F)F)c2[C@H]2CC1c1nc3ccc(-c4ccc5c(c4)OCC5)cc3n12. The lowest BCUT2D eigenvalue weighted by molar-refractivity contribution is -0.0507. The number of aromatic nitrogens is 2. The maximum Gasteiger partial charge on any atom is 0.387 e. The summed E-state index contributed by atoms with van der Waals surface area (Å²) in [6.45, 7) is -2.28. The summed E-state index contributed by atoms with van der Waals surface area (Å²) in [4.78, 5) is 19.8. The second-order valence-corrected chi connectivity index (χ2v) is 9.24. The minimum absolute atomic E-state index is 0.0338. The zero-order valence-electron chi connectivity index (χ0n) is 18.9. The van der Waals surface area contributed by atoms with Crippen molar-refractivity contribution in [2.75, 3.05) is 13.7 Å². The van der Waals surface area contributed by atoms with E-state index in [0.29, 0.717) is 24.2 Å². The van der Waals surface area contributed by atoms with E-state index >= 15 is 0 Å². The van der Waals surface area contributed by atoms with Gasteiger partial charge in [-0.25, -0.2) is 4.98 Å². The van der Waals surface area contributed by atoms with Crippen LogP contribution in [0.15, 0.2) is 54.6 Å². The van der Waals surface area contributed by atoms with Crippen molar-refractivity contribution in [2.24, 2.45) is 0 Å². The lowest BCUT2D eigenvalue weighted by Gasteiger charge is -2.24. The molecule has 176 valence electrons. The van der Waals surface area contributed by atoms with Crippen LogP contribution in [-0.2, 0) is 6.42 Å². The summed E-state index contributed by atoms with van der Waals surface area (Å²) >= 11 is 0. The van der Waals surface area contributed by atoms with Crippen molar-refractivity contribution in [1.82, 2.24) is 14.5 Å². The molecular formula is C27H21F2N3O3. The Morgan fingerprint density at radius 1 is 1.09 bits per heavy atom. The van der Waals surface area contributed by atoms with Crippen LogP contribution in [0.4, 0.5) is 8.78 Å². The fourth-order valence-electron chi connectivity index (χ4n) is 5.80. The Bertz CT molecular complexity index is 1530. The van der Waals surface area contributed by atoms with Crippen LogP contribution in [0.1, 0.15) is 45.8 Å². The van der Waals surface area contributed by atoms with Gasteiger partial charge in [-0.05, 0) is 47.0 Å². The maximum absolute atomic E-state index is 13.3. The first kappa shape index (κ1) is 20.4. The molecule has 2 bridgehead atoms. The molecule has 4 heterocycles. The van der Waals surface area contributed by atoms with Crippen LogP contribution >= 0.6 is 0 Å². The third kappa shape index (κ3) is 2.92. The summed E-state index contributed by atoms with van der Waals surface area (Å²) < 4.78 is 39.3. The Morgan fingerprint density at radius 2 is 1.91 bits per heavy atom. The Hall–Kier alpha value is -3.94. The molecule has 0 N–H and O–H groups in total. The number of imidazole rings is 1. The fourth-order valence-corrected chi connectivity index (χ4v) is 5.80.